The summed E-state index contributed by atoms with van der Waals surface area (Å²) in [4.78, 5) is 33.8. The summed E-state index contributed by atoms with van der Waals surface area (Å²) in [6, 6.07) is 0. The Labute approximate surface area is 177 Å². The molecule has 0 spiro atoms. The van der Waals surface area contributed by atoms with Crippen molar-refractivity contribution in [3.05, 3.63) is 22.8 Å². The lowest BCUT2D eigenvalue weighted by atomic mass is 10.1. The highest BCUT2D eigenvalue weighted by atomic mass is 19.4. The first-order valence-electron chi connectivity index (χ1n) is 10.3. The Balaban J connectivity index is 1.71. The predicted molar refractivity (Wildman–Crippen MR) is 104 cm³/mol. The Morgan fingerprint density at radius 3 is 2.52 bits per heavy atom. The second kappa shape index (κ2) is 9.19. The molecule has 2 aromatic heterocycles. The van der Waals surface area contributed by atoms with E-state index in [-0.39, 0.29) is 30.5 Å². The maximum absolute atomic E-state index is 12.9. The Hall–Kier alpha value is -2.72. The minimum absolute atomic E-state index is 0.107. The molecule has 0 unspecified atom stereocenters. The van der Waals surface area contributed by atoms with E-state index in [1.165, 1.54) is 0 Å². The molecule has 11 heteroatoms. The van der Waals surface area contributed by atoms with Crippen molar-refractivity contribution in [1.29, 1.82) is 0 Å². The molecule has 0 saturated heterocycles. The zero-order valence-corrected chi connectivity index (χ0v) is 17.8. The lowest BCUT2D eigenvalue weighted by Gasteiger charge is -2.22. The van der Waals surface area contributed by atoms with Crippen molar-refractivity contribution in [2.24, 2.45) is 5.92 Å². The van der Waals surface area contributed by atoms with Crippen LogP contribution in [-0.2, 0) is 26.9 Å². The Bertz CT molecular complexity index is 969. The predicted octanol–water partition coefficient (Wildman–Crippen LogP) is 2.88. The van der Waals surface area contributed by atoms with Gasteiger partial charge in [-0.2, -0.15) is 18.2 Å². The third-order valence-corrected chi connectivity index (χ3v) is 5.31. The number of esters is 1. The fraction of sp³-hybridized carbons (Fsp3) is 0.650. The third-order valence-electron chi connectivity index (χ3n) is 5.31. The molecule has 1 amide bonds. The largest absolute Gasteiger partial charge is 0.466 e. The number of aromatic nitrogens is 4. The van der Waals surface area contributed by atoms with Crippen molar-refractivity contribution in [2.75, 3.05) is 19.7 Å². The fourth-order valence-electron chi connectivity index (χ4n) is 3.47. The molecule has 0 atom stereocenters. The summed E-state index contributed by atoms with van der Waals surface area (Å²) in [5, 5.41) is 3.53. The van der Waals surface area contributed by atoms with Crippen LogP contribution in [0.3, 0.4) is 0 Å². The first-order chi connectivity index (χ1) is 14.6. The Morgan fingerprint density at radius 2 is 1.90 bits per heavy atom. The molecule has 1 aliphatic rings. The molecule has 2 heterocycles. The highest BCUT2D eigenvalue weighted by molar-refractivity contribution is 5.77. The maximum atomic E-state index is 12.9. The van der Waals surface area contributed by atoms with Crippen LogP contribution in [0.2, 0.25) is 0 Å². The number of aryl methyl sites for hydroxylation is 2. The van der Waals surface area contributed by atoms with Crippen molar-refractivity contribution < 1.29 is 27.5 Å². The summed E-state index contributed by atoms with van der Waals surface area (Å²) in [5.74, 6) is -1.36. The van der Waals surface area contributed by atoms with E-state index in [1.54, 1.807) is 25.7 Å². The van der Waals surface area contributed by atoms with Crippen molar-refractivity contribution in [3.8, 4) is 0 Å². The zero-order chi connectivity index (χ0) is 22.8. The van der Waals surface area contributed by atoms with Crippen LogP contribution in [0.15, 0.2) is 0 Å². The molecule has 8 nitrogen and oxygen atoms in total. The van der Waals surface area contributed by atoms with E-state index in [0.29, 0.717) is 49.0 Å². The molecule has 0 N–H and O–H groups in total. The molecule has 31 heavy (non-hydrogen) atoms. The monoisotopic (exact) mass is 441 g/mol. The summed E-state index contributed by atoms with van der Waals surface area (Å²) >= 11 is 0. The van der Waals surface area contributed by atoms with Gasteiger partial charge in [0.25, 0.3) is 11.6 Å². The first-order valence-corrected chi connectivity index (χ1v) is 10.3. The van der Waals surface area contributed by atoms with Gasteiger partial charge in [-0.25, -0.2) is 9.50 Å². The Kier molecular flexibility index (Phi) is 6.80. The summed E-state index contributed by atoms with van der Waals surface area (Å²) in [6.45, 7) is 6.23. The van der Waals surface area contributed by atoms with E-state index in [1.807, 2.05) is 0 Å². The fourth-order valence-corrected chi connectivity index (χ4v) is 3.47. The third kappa shape index (κ3) is 5.71. The second-order valence-corrected chi connectivity index (χ2v) is 7.74. The van der Waals surface area contributed by atoms with Gasteiger partial charge in [-0.05, 0) is 51.5 Å². The zero-order valence-electron chi connectivity index (χ0n) is 17.8. The highest BCUT2D eigenvalue weighted by Crippen LogP contribution is 2.30. The number of carbonyl (C=O) groups is 2. The van der Waals surface area contributed by atoms with Crippen molar-refractivity contribution >= 4 is 17.7 Å². The molecule has 3 rings (SSSR count). The molecule has 0 aromatic carbocycles. The van der Waals surface area contributed by atoms with Gasteiger partial charge in [-0.3, -0.25) is 9.59 Å². The van der Waals surface area contributed by atoms with Gasteiger partial charge < -0.3 is 9.64 Å². The molecule has 0 aliphatic heterocycles. The van der Waals surface area contributed by atoms with Crippen LogP contribution in [0.25, 0.3) is 5.78 Å². The Morgan fingerprint density at radius 1 is 1.19 bits per heavy atom. The van der Waals surface area contributed by atoms with Gasteiger partial charge in [0.05, 0.1) is 13.0 Å². The van der Waals surface area contributed by atoms with E-state index < -0.39 is 12.0 Å². The topological polar surface area (TPSA) is 89.7 Å². The van der Waals surface area contributed by atoms with E-state index >= 15 is 0 Å². The SMILES string of the molecule is CCOC(=O)CCN(CC1CC1)C(=O)CCc1c(C)nc2nc(C(F)(F)F)nn2c1C. The average molecular weight is 441 g/mol. The lowest BCUT2D eigenvalue weighted by molar-refractivity contribution is -0.145. The summed E-state index contributed by atoms with van der Waals surface area (Å²) in [6.07, 6.45) is -1.93. The molecule has 1 saturated carbocycles. The van der Waals surface area contributed by atoms with Crippen molar-refractivity contribution in [1.82, 2.24) is 24.5 Å². The number of ether oxygens (including phenoxy) is 1. The van der Waals surface area contributed by atoms with Crippen LogP contribution in [0.1, 0.15) is 55.4 Å². The minimum atomic E-state index is -4.66. The number of alkyl halides is 3. The van der Waals surface area contributed by atoms with E-state index in [9.17, 15) is 22.8 Å². The number of hydrogen-bond donors (Lipinski definition) is 0. The summed E-state index contributed by atoms with van der Waals surface area (Å²) < 4.78 is 44.8. The van der Waals surface area contributed by atoms with Gasteiger partial charge in [0, 0.05) is 30.9 Å². The average Bonchev–Trinajstić information content (AvgIpc) is 3.39. The molecule has 0 bridgehead atoms. The number of amides is 1. The number of halogens is 3. The minimum Gasteiger partial charge on any atom is -0.466 e. The second-order valence-electron chi connectivity index (χ2n) is 7.74. The summed E-state index contributed by atoms with van der Waals surface area (Å²) in [7, 11) is 0. The number of fused-ring (bicyclic) bond motifs is 1. The van der Waals surface area contributed by atoms with Crippen LogP contribution in [0.4, 0.5) is 13.2 Å². The molecular formula is C20H26F3N5O3. The standard InChI is InChI=1S/C20H26F3N5O3/c1-4-31-17(30)9-10-27(11-14-5-6-14)16(29)8-7-15-12(2)24-19-25-18(20(21,22)23)26-28(19)13(15)3/h14H,4-11H2,1-3H3. The summed E-state index contributed by atoms with van der Waals surface area (Å²) in [5.41, 5.74) is 1.65. The number of carbonyl (C=O) groups excluding carboxylic acids is 2. The van der Waals surface area contributed by atoms with Gasteiger partial charge in [-0.15, -0.1) is 5.10 Å². The molecule has 1 aliphatic carbocycles. The smallest absolute Gasteiger partial charge is 0.453 e. The number of nitrogens with zero attached hydrogens (tertiary/aromatic N) is 5. The van der Waals surface area contributed by atoms with Gasteiger partial charge >= 0.3 is 12.1 Å². The van der Waals surface area contributed by atoms with Crippen molar-refractivity contribution in [3.63, 3.8) is 0 Å². The first kappa shape index (κ1) is 23.0. The maximum Gasteiger partial charge on any atom is 0.453 e. The number of hydrogen-bond acceptors (Lipinski definition) is 6. The normalized spacial score (nSPS) is 14.1. The van der Waals surface area contributed by atoms with Crippen LogP contribution < -0.4 is 0 Å². The molecule has 2 aromatic rings. The van der Waals surface area contributed by atoms with Gasteiger partial charge in [0.2, 0.25) is 5.91 Å². The van der Waals surface area contributed by atoms with Gasteiger partial charge in [0.15, 0.2) is 0 Å². The molecule has 170 valence electrons. The van der Waals surface area contributed by atoms with Crippen molar-refractivity contribution in [2.45, 2.75) is 59.1 Å². The van der Waals surface area contributed by atoms with E-state index in [0.717, 1.165) is 17.4 Å². The van der Waals surface area contributed by atoms with Crippen LogP contribution in [0, 0.1) is 19.8 Å². The van der Waals surface area contributed by atoms with Crippen LogP contribution in [0.5, 0.6) is 0 Å². The van der Waals surface area contributed by atoms with Crippen LogP contribution in [-0.4, -0.2) is 56.1 Å². The molecule has 1 fully saturated rings. The van der Waals surface area contributed by atoms with Gasteiger partial charge in [-0.1, -0.05) is 0 Å². The molecular weight excluding hydrogens is 415 g/mol. The van der Waals surface area contributed by atoms with Gasteiger partial charge in [0.1, 0.15) is 0 Å². The lowest BCUT2D eigenvalue weighted by Crippen LogP contribution is -2.35. The van der Waals surface area contributed by atoms with E-state index in [4.69, 9.17) is 4.74 Å². The van der Waals surface area contributed by atoms with Crippen LogP contribution >= 0.6 is 0 Å². The molecule has 0 radical (unpaired) electrons. The highest BCUT2D eigenvalue weighted by Gasteiger charge is 2.37. The quantitative estimate of drug-likeness (QED) is 0.556. The number of rotatable bonds is 9. The van der Waals surface area contributed by atoms with E-state index in [2.05, 4.69) is 15.1 Å².